The predicted molar refractivity (Wildman–Crippen MR) is 54.8 cm³/mol. The molecule has 0 amide bonds. The standard InChI is InChI=1S/C10H16F6O4/c1-6(4-19-9(13,14)7(11)17-2)5-20-10(15,16)8(12)18-3/h6-8H,4-5H2,1-3H3. The summed E-state index contributed by atoms with van der Waals surface area (Å²) < 4.78 is 91.8. The molecule has 2 atom stereocenters. The lowest BCUT2D eigenvalue weighted by Gasteiger charge is -2.24. The van der Waals surface area contributed by atoms with Crippen molar-refractivity contribution in [2.24, 2.45) is 5.92 Å². The smallest absolute Gasteiger partial charge is 0.345 e. The van der Waals surface area contributed by atoms with Gasteiger partial charge in [0.25, 0.3) is 12.7 Å². The second kappa shape index (κ2) is 8.01. The minimum Gasteiger partial charge on any atom is -0.345 e. The van der Waals surface area contributed by atoms with E-state index < -0.39 is 44.1 Å². The number of alkyl halides is 6. The molecule has 0 aromatic rings. The number of ether oxygens (including phenoxy) is 4. The fraction of sp³-hybridized carbons (Fsp3) is 1.00. The summed E-state index contributed by atoms with van der Waals surface area (Å²) in [5.41, 5.74) is 0. The molecule has 0 aliphatic heterocycles. The molecule has 0 spiro atoms. The Kier molecular flexibility index (Phi) is 7.78. The van der Waals surface area contributed by atoms with Crippen LogP contribution in [0.5, 0.6) is 0 Å². The van der Waals surface area contributed by atoms with E-state index in [1.54, 1.807) is 0 Å². The van der Waals surface area contributed by atoms with Gasteiger partial charge in [-0.15, -0.1) is 0 Å². The quantitative estimate of drug-likeness (QED) is 0.581. The third-order valence-corrected chi connectivity index (χ3v) is 2.06. The minimum absolute atomic E-state index is 0.709. The van der Waals surface area contributed by atoms with Crippen LogP contribution in [0.1, 0.15) is 6.92 Å². The molecule has 0 saturated carbocycles. The lowest BCUT2D eigenvalue weighted by molar-refractivity contribution is -0.340. The summed E-state index contributed by atoms with van der Waals surface area (Å²) in [5, 5.41) is 0. The summed E-state index contributed by atoms with van der Waals surface area (Å²) in [7, 11) is 1.42. The Morgan fingerprint density at radius 2 is 1.10 bits per heavy atom. The summed E-state index contributed by atoms with van der Waals surface area (Å²) in [4.78, 5) is 0. The van der Waals surface area contributed by atoms with Gasteiger partial charge in [-0.3, -0.25) is 0 Å². The zero-order valence-corrected chi connectivity index (χ0v) is 11.0. The van der Waals surface area contributed by atoms with Crippen LogP contribution in [0, 0.1) is 5.92 Å². The van der Waals surface area contributed by atoms with Crippen LogP contribution >= 0.6 is 0 Å². The van der Waals surface area contributed by atoms with Crippen molar-refractivity contribution in [1.29, 1.82) is 0 Å². The molecule has 0 aliphatic carbocycles. The molecule has 0 aromatic heterocycles. The molecule has 20 heavy (non-hydrogen) atoms. The van der Waals surface area contributed by atoms with E-state index in [4.69, 9.17) is 0 Å². The number of hydrogen-bond acceptors (Lipinski definition) is 4. The van der Waals surface area contributed by atoms with Crippen LogP contribution in [0.3, 0.4) is 0 Å². The van der Waals surface area contributed by atoms with Crippen LogP contribution < -0.4 is 0 Å². The molecule has 0 N–H and O–H groups in total. The molecule has 0 fully saturated rings. The lowest BCUT2D eigenvalue weighted by atomic mass is 10.2. The van der Waals surface area contributed by atoms with Gasteiger partial charge in [0.1, 0.15) is 0 Å². The van der Waals surface area contributed by atoms with Gasteiger partial charge in [0, 0.05) is 20.1 Å². The Morgan fingerprint density at radius 1 is 0.800 bits per heavy atom. The van der Waals surface area contributed by atoms with Crippen LogP contribution in [0.2, 0.25) is 0 Å². The minimum atomic E-state index is -4.22. The van der Waals surface area contributed by atoms with E-state index in [0.29, 0.717) is 14.2 Å². The molecule has 0 heterocycles. The number of methoxy groups -OCH3 is 2. The van der Waals surface area contributed by atoms with Gasteiger partial charge in [-0.25, -0.2) is 8.78 Å². The first-order chi connectivity index (χ1) is 9.06. The molecule has 0 saturated heterocycles. The van der Waals surface area contributed by atoms with E-state index in [9.17, 15) is 26.3 Å². The monoisotopic (exact) mass is 314 g/mol. The Morgan fingerprint density at radius 3 is 1.35 bits per heavy atom. The fourth-order valence-electron chi connectivity index (χ4n) is 0.960. The Bertz CT molecular complexity index is 252. The van der Waals surface area contributed by atoms with Crippen molar-refractivity contribution in [3.05, 3.63) is 0 Å². The van der Waals surface area contributed by atoms with E-state index in [1.165, 1.54) is 6.92 Å². The molecular weight excluding hydrogens is 298 g/mol. The van der Waals surface area contributed by atoms with Gasteiger partial charge in [-0.2, -0.15) is 17.6 Å². The number of halogens is 6. The first-order valence-electron chi connectivity index (χ1n) is 5.44. The van der Waals surface area contributed by atoms with Crippen LogP contribution in [0.15, 0.2) is 0 Å². The van der Waals surface area contributed by atoms with E-state index in [2.05, 4.69) is 18.9 Å². The summed E-state index contributed by atoms with van der Waals surface area (Å²) in [6, 6.07) is 0. The molecule has 0 bridgehead atoms. The van der Waals surface area contributed by atoms with E-state index in [1.807, 2.05) is 0 Å². The largest absolute Gasteiger partial charge is 0.411 e. The summed E-state index contributed by atoms with van der Waals surface area (Å²) in [5.74, 6) is -0.972. The molecule has 0 radical (unpaired) electrons. The second-order valence-corrected chi connectivity index (χ2v) is 3.95. The van der Waals surface area contributed by atoms with Gasteiger partial charge in [0.05, 0.1) is 13.2 Å². The zero-order valence-electron chi connectivity index (χ0n) is 11.0. The summed E-state index contributed by atoms with van der Waals surface area (Å²) >= 11 is 0. The third kappa shape index (κ3) is 6.25. The summed E-state index contributed by atoms with van der Waals surface area (Å²) in [6.07, 6.45) is -14.4. The van der Waals surface area contributed by atoms with Crippen LogP contribution in [0.4, 0.5) is 26.3 Å². The molecule has 2 unspecified atom stereocenters. The van der Waals surface area contributed by atoms with Crippen molar-refractivity contribution < 1.29 is 45.3 Å². The topological polar surface area (TPSA) is 36.9 Å². The molecule has 122 valence electrons. The molecule has 4 nitrogen and oxygen atoms in total. The Hall–Kier alpha value is -0.580. The molecule has 0 aliphatic rings. The average molecular weight is 314 g/mol. The van der Waals surface area contributed by atoms with E-state index in [0.717, 1.165) is 0 Å². The van der Waals surface area contributed by atoms with Gasteiger partial charge in [0.15, 0.2) is 0 Å². The fourth-order valence-corrected chi connectivity index (χ4v) is 0.960. The van der Waals surface area contributed by atoms with Gasteiger partial charge in [-0.05, 0) is 0 Å². The first-order valence-corrected chi connectivity index (χ1v) is 5.44. The van der Waals surface area contributed by atoms with Crippen LogP contribution in [0.25, 0.3) is 0 Å². The summed E-state index contributed by atoms with van der Waals surface area (Å²) in [6.45, 7) is -0.375. The molecule has 0 aromatic carbocycles. The van der Waals surface area contributed by atoms with Crippen molar-refractivity contribution in [3.63, 3.8) is 0 Å². The highest BCUT2D eigenvalue weighted by Gasteiger charge is 2.44. The predicted octanol–water partition coefficient (Wildman–Crippen LogP) is 2.73. The normalized spacial score (nSPS) is 17.9. The highest BCUT2D eigenvalue weighted by atomic mass is 19.3. The zero-order chi connectivity index (χ0) is 16.0. The number of hydrogen-bond donors (Lipinski definition) is 0. The molecule has 0 rings (SSSR count). The molecule has 10 heteroatoms. The van der Waals surface area contributed by atoms with E-state index in [-0.39, 0.29) is 0 Å². The highest BCUT2D eigenvalue weighted by molar-refractivity contribution is 4.61. The van der Waals surface area contributed by atoms with Crippen molar-refractivity contribution in [1.82, 2.24) is 0 Å². The van der Waals surface area contributed by atoms with Gasteiger partial charge < -0.3 is 18.9 Å². The third-order valence-electron chi connectivity index (χ3n) is 2.06. The Labute approximate surface area is 111 Å². The van der Waals surface area contributed by atoms with E-state index >= 15 is 0 Å². The highest BCUT2D eigenvalue weighted by Crippen LogP contribution is 2.26. The first kappa shape index (κ1) is 19.4. The Balaban J connectivity index is 4.16. The van der Waals surface area contributed by atoms with Gasteiger partial charge in [-0.1, -0.05) is 6.92 Å². The van der Waals surface area contributed by atoms with Crippen LogP contribution in [-0.4, -0.2) is 52.4 Å². The van der Waals surface area contributed by atoms with Gasteiger partial charge in [0.2, 0.25) is 0 Å². The maximum Gasteiger partial charge on any atom is 0.411 e. The average Bonchev–Trinajstić information content (AvgIpc) is 2.40. The molecular formula is C10H16F6O4. The second-order valence-electron chi connectivity index (χ2n) is 3.95. The van der Waals surface area contributed by atoms with Crippen LogP contribution in [-0.2, 0) is 18.9 Å². The SMILES string of the molecule is COC(F)C(F)(F)OCC(C)COC(F)(F)C(F)OC. The maximum absolute atomic E-state index is 12.8. The lowest BCUT2D eigenvalue weighted by Crippen LogP contribution is -2.38. The van der Waals surface area contributed by atoms with Crippen molar-refractivity contribution in [2.75, 3.05) is 27.4 Å². The number of rotatable bonds is 10. The van der Waals surface area contributed by atoms with Crippen molar-refractivity contribution in [3.8, 4) is 0 Å². The maximum atomic E-state index is 12.8. The van der Waals surface area contributed by atoms with Gasteiger partial charge >= 0.3 is 12.2 Å². The van der Waals surface area contributed by atoms with Crippen molar-refractivity contribution >= 4 is 0 Å². The van der Waals surface area contributed by atoms with Crippen molar-refractivity contribution in [2.45, 2.75) is 31.9 Å².